The van der Waals surface area contributed by atoms with E-state index in [1.165, 1.54) is 4.90 Å². The van der Waals surface area contributed by atoms with E-state index in [0.717, 1.165) is 5.69 Å². The van der Waals surface area contributed by atoms with Gasteiger partial charge in [-0.3, -0.25) is 9.78 Å². The lowest BCUT2D eigenvalue weighted by Gasteiger charge is -2.32. The van der Waals surface area contributed by atoms with Crippen LogP contribution in [0.2, 0.25) is 0 Å². The number of aromatic nitrogens is 1. The fraction of sp³-hybridized carbons (Fsp3) is 0.350. The molecule has 27 heavy (non-hydrogen) atoms. The fourth-order valence-electron chi connectivity index (χ4n) is 2.48. The molecule has 144 valence electrons. The molecule has 0 spiro atoms. The van der Waals surface area contributed by atoms with Crippen molar-refractivity contribution in [2.75, 3.05) is 13.2 Å². The quantitative estimate of drug-likeness (QED) is 0.780. The lowest BCUT2D eigenvalue weighted by molar-refractivity contribution is 0.0892. The van der Waals surface area contributed by atoms with Crippen LogP contribution in [0.25, 0.3) is 0 Å². The van der Waals surface area contributed by atoms with Crippen molar-refractivity contribution in [3.63, 3.8) is 0 Å². The first-order chi connectivity index (χ1) is 12.8. The minimum atomic E-state index is -0.992. The van der Waals surface area contributed by atoms with Gasteiger partial charge < -0.3 is 20.1 Å². The number of carboxylic acid groups (broad SMARTS) is 1. The molecule has 2 aromatic rings. The zero-order valence-electron chi connectivity index (χ0n) is 15.8. The summed E-state index contributed by atoms with van der Waals surface area (Å²) in [6.07, 6.45) is 0.683. The summed E-state index contributed by atoms with van der Waals surface area (Å²) in [6.45, 7) is 6.25. The summed E-state index contributed by atoms with van der Waals surface area (Å²) in [5.74, 6) is 0.285. The number of nitrogens with one attached hydrogen (secondary N) is 1. The van der Waals surface area contributed by atoms with Gasteiger partial charge in [0, 0.05) is 17.3 Å². The summed E-state index contributed by atoms with van der Waals surface area (Å²) >= 11 is 0. The lowest BCUT2D eigenvalue weighted by atomic mass is 10.1. The monoisotopic (exact) mass is 371 g/mol. The third kappa shape index (κ3) is 6.29. The van der Waals surface area contributed by atoms with Gasteiger partial charge >= 0.3 is 6.09 Å². The van der Waals surface area contributed by atoms with E-state index in [9.17, 15) is 14.7 Å². The van der Waals surface area contributed by atoms with E-state index in [1.807, 2.05) is 39.0 Å². The van der Waals surface area contributed by atoms with Gasteiger partial charge in [0.05, 0.1) is 18.8 Å². The predicted molar refractivity (Wildman–Crippen MR) is 102 cm³/mol. The van der Waals surface area contributed by atoms with Crippen molar-refractivity contribution in [2.45, 2.75) is 32.9 Å². The number of ether oxygens (including phenoxy) is 1. The highest BCUT2D eigenvalue weighted by atomic mass is 16.5. The first-order valence-electron chi connectivity index (χ1n) is 8.69. The first kappa shape index (κ1) is 20.2. The number of hydrogen-bond acceptors (Lipinski definition) is 4. The van der Waals surface area contributed by atoms with Crippen LogP contribution in [0.15, 0.2) is 48.7 Å². The number of benzene rings is 1. The summed E-state index contributed by atoms with van der Waals surface area (Å²) in [7, 11) is 0. The van der Waals surface area contributed by atoms with Crippen LogP contribution >= 0.6 is 0 Å². The molecular weight excluding hydrogens is 346 g/mol. The minimum Gasteiger partial charge on any atom is -0.492 e. The van der Waals surface area contributed by atoms with E-state index in [4.69, 9.17) is 4.74 Å². The van der Waals surface area contributed by atoms with Crippen molar-refractivity contribution in [3.8, 4) is 5.75 Å². The SMILES string of the molecule is CC(C)(C)N(CCOc1cccc(C(=O)NCc2ccccn2)c1)C(=O)O. The Morgan fingerprint density at radius 1 is 1.19 bits per heavy atom. The second kappa shape index (κ2) is 9.02. The van der Waals surface area contributed by atoms with E-state index in [2.05, 4.69) is 10.3 Å². The number of nitrogens with zero attached hydrogens (tertiary/aromatic N) is 2. The van der Waals surface area contributed by atoms with Gasteiger partial charge in [-0.25, -0.2) is 4.79 Å². The van der Waals surface area contributed by atoms with Crippen LogP contribution in [0.1, 0.15) is 36.8 Å². The van der Waals surface area contributed by atoms with Crippen LogP contribution < -0.4 is 10.1 Å². The molecule has 2 amide bonds. The average molecular weight is 371 g/mol. The van der Waals surface area contributed by atoms with Crippen LogP contribution in [-0.2, 0) is 6.54 Å². The van der Waals surface area contributed by atoms with Crippen molar-refractivity contribution in [1.29, 1.82) is 0 Å². The highest BCUT2D eigenvalue weighted by Crippen LogP contribution is 2.16. The largest absolute Gasteiger partial charge is 0.492 e. The van der Waals surface area contributed by atoms with Crippen molar-refractivity contribution < 1.29 is 19.4 Å². The maximum Gasteiger partial charge on any atom is 0.407 e. The van der Waals surface area contributed by atoms with E-state index >= 15 is 0 Å². The van der Waals surface area contributed by atoms with Crippen LogP contribution in [0.5, 0.6) is 5.75 Å². The molecule has 0 radical (unpaired) electrons. The molecule has 0 aliphatic heterocycles. The Morgan fingerprint density at radius 3 is 2.59 bits per heavy atom. The summed E-state index contributed by atoms with van der Waals surface area (Å²) in [5, 5.41) is 12.1. The molecule has 1 aromatic heterocycles. The molecular formula is C20H25N3O4. The first-order valence-corrected chi connectivity index (χ1v) is 8.69. The number of rotatable bonds is 7. The lowest BCUT2D eigenvalue weighted by Crippen LogP contribution is -2.46. The number of carbonyl (C=O) groups excluding carboxylic acids is 1. The molecule has 0 atom stereocenters. The topological polar surface area (TPSA) is 91.8 Å². The van der Waals surface area contributed by atoms with Crippen LogP contribution in [0, 0.1) is 0 Å². The van der Waals surface area contributed by atoms with Gasteiger partial charge in [-0.05, 0) is 51.1 Å². The van der Waals surface area contributed by atoms with Crippen molar-refractivity contribution in [1.82, 2.24) is 15.2 Å². The molecule has 0 fully saturated rings. The van der Waals surface area contributed by atoms with Gasteiger partial charge in [-0.2, -0.15) is 0 Å². The average Bonchev–Trinajstić information content (AvgIpc) is 2.63. The highest BCUT2D eigenvalue weighted by molar-refractivity contribution is 5.94. The van der Waals surface area contributed by atoms with Gasteiger partial charge in [0.1, 0.15) is 12.4 Å². The zero-order chi connectivity index (χ0) is 19.9. The Balaban J connectivity index is 1.90. The van der Waals surface area contributed by atoms with Crippen molar-refractivity contribution in [2.24, 2.45) is 0 Å². The zero-order valence-corrected chi connectivity index (χ0v) is 15.8. The van der Waals surface area contributed by atoms with Crippen LogP contribution in [-0.4, -0.2) is 45.7 Å². The van der Waals surface area contributed by atoms with Crippen LogP contribution in [0.3, 0.4) is 0 Å². The number of pyridine rings is 1. The second-order valence-corrected chi connectivity index (χ2v) is 6.99. The van der Waals surface area contributed by atoms with E-state index in [-0.39, 0.29) is 19.1 Å². The number of amides is 2. The normalized spacial score (nSPS) is 10.9. The molecule has 0 aliphatic rings. The third-order valence-electron chi connectivity index (χ3n) is 3.88. The molecule has 0 saturated carbocycles. The summed E-state index contributed by atoms with van der Waals surface area (Å²) < 4.78 is 5.64. The smallest absolute Gasteiger partial charge is 0.407 e. The molecule has 7 nitrogen and oxygen atoms in total. The number of carbonyl (C=O) groups is 2. The molecule has 7 heteroatoms. The summed E-state index contributed by atoms with van der Waals surface area (Å²) in [5.41, 5.74) is 0.728. The molecule has 0 bridgehead atoms. The van der Waals surface area contributed by atoms with Gasteiger partial charge in [0.25, 0.3) is 5.91 Å². The maximum atomic E-state index is 12.3. The Bertz CT molecular complexity index is 772. The van der Waals surface area contributed by atoms with Gasteiger partial charge in [-0.1, -0.05) is 12.1 Å². The summed E-state index contributed by atoms with van der Waals surface area (Å²) in [4.78, 5) is 29.1. The Hall–Kier alpha value is -3.09. The Labute approximate surface area is 159 Å². The van der Waals surface area contributed by atoms with Gasteiger partial charge in [-0.15, -0.1) is 0 Å². The van der Waals surface area contributed by atoms with Gasteiger partial charge in [0.15, 0.2) is 0 Å². The highest BCUT2D eigenvalue weighted by Gasteiger charge is 2.25. The molecule has 0 aliphatic carbocycles. The summed E-state index contributed by atoms with van der Waals surface area (Å²) in [6, 6.07) is 12.3. The predicted octanol–water partition coefficient (Wildman–Crippen LogP) is 3.17. The molecule has 0 saturated heterocycles. The second-order valence-electron chi connectivity index (χ2n) is 6.99. The molecule has 1 aromatic carbocycles. The minimum absolute atomic E-state index is 0.197. The molecule has 1 heterocycles. The van der Waals surface area contributed by atoms with E-state index in [1.54, 1.807) is 30.5 Å². The van der Waals surface area contributed by atoms with E-state index < -0.39 is 11.6 Å². The maximum absolute atomic E-state index is 12.3. The van der Waals surface area contributed by atoms with Crippen LogP contribution in [0.4, 0.5) is 4.79 Å². The van der Waals surface area contributed by atoms with Crippen molar-refractivity contribution in [3.05, 3.63) is 59.9 Å². The molecule has 0 unspecified atom stereocenters. The van der Waals surface area contributed by atoms with E-state index in [0.29, 0.717) is 17.9 Å². The third-order valence-corrected chi connectivity index (χ3v) is 3.88. The van der Waals surface area contributed by atoms with Crippen molar-refractivity contribution >= 4 is 12.0 Å². The number of hydrogen-bond donors (Lipinski definition) is 2. The molecule has 2 N–H and O–H groups in total. The van der Waals surface area contributed by atoms with Gasteiger partial charge in [0.2, 0.25) is 0 Å². The molecule has 2 rings (SSSR count). The Kier molecular flexibility index (Phi) is 6.76. The standard InChI is InChI=1S/C20H25N3O4/c1-20(2,3)23(19(25)26)11-12-27-17-9-6-7-15(13-17)18(24)22-14-16-8-4-5-10-21-16/h4-10,13H,11-12,14H2,1-3H3,(H,22,24)(H,25,26). The Morgan fingerprint density at radius 2 is 1.96 bits per heavy atom. The fourth-order valence-corrected chi connectivity index (χ4v) is 2.48.